The Morgan fingerprint density at radius 1 is 0.976 bits per heavy atom. The van der Waals surface area contributed by atoms with Gasteiger partial charge in [-0.15, -0.1) is 0 Å². The molecule has 0 amide bonds. The lowest BCUT2D eigenvalue weighted by Crippen LogP contribution is -2.34. The third-order valence-corrected chi connectivity index (χ3v) is 8.47. The molecule has 42 heavy (non-hydrogen) atoms. The molecule has 4 N–H and O–H groups in total. The minimum atomic E-state index is -0.656. The highest BCUT2D eigenvalue weighted by molar-refractivity contribution is 7.99. The van der Waals surface area contributed by atoms with Crippen LogP contribution in [0.2, 0.25) is 0 Å². The SMILES string of the molecule is C1CCSC1.CC.COc1cc(-c2ccc(N)cc2)ccc1-c1nc2cc(O[C@@H]3COC4[C@H](O)CO[C@@H]43)[nH]c2cc1F. The molecule has 3 fully saturated rings. The van der Waals surface area contributed by atoms with Gasteiger partial charge in [-0.2, -0.15) is 11.8 Å². The topological polar surface area (TPSA) is 112 Å². The summed E-state index contributed by atoms with van der Waals surface area (Å²) < 4.78 is 38.0. The molecular formula is C32H38FN3O5S. The van der Waals surface area contributed by atoms with Gasteiger partial charge in [0.25, 0.3) is 0 Å². The van der Waals surface area contributed by atoms with E-state index >= 15 is 4.39 Å². The molecule has 0 spiro atoms. The molecule has 0 radical (unpaired) electrons. The zero-order valence-electron chi connectivity index (χ0n) is 24.1. The highest BCUT2D eigenvalue weighted by atomic mass is 32.2. The highest BCUT2D eigenvalue weighted by Gasteiger charge is 2.48. The van der Waals surface area contributed by atoms with Gasteiger partial charge in [-0.3, -0.25) is 0 Å². The molecule has 10 heteroatoms. The van der Waals surface area contributed by atoms with Crippen molar-refractivity contribution in [2.24, 2.45) is 0 Å². The van der Waals surface area contributed by atoms with Crippen LogP contribution in [0.15, 0.2) is 54.6 Å². The Bertz CT molecular complexity index is 1470. The van der Waals surface area contributed by atoms with E-state index in [-0.39, 0.29) is 24.5 Å². The zero-order chi connectivity index (χ0) is 29.6. The minimum Gasteiger partial charge on any atom is -0.496 e. The quantitative estimate of drug-likeness (QED) is 0.238. The Balaban J connectivity index is 0.000000450. The molecule has 224 valence electrons. The van der Waals surface area contributed by atoms with Crippen molar-refractivity contribution < 1.29 is 28.4 Å². The number of nitrogens with one attached hydrogen (secondary N) is 1. The van der Waals surface area contributed by atoms with Crippen molar-refractivity contribution in [2.45, 2.75) is 51.1 Å². The summed E-state index contributed by atoms with van der Waals surface area (Å²) in [4.78, 5) is 7.61. The molecule has 4 atom stereocenters. The summed E-state index contributed by atoms with van der Waals surface area (Å²) in [5, 5.41) is 9.92. The number of hydrogen-bond donors (Lipinski definition) is 3. The summed E-state index contributed by atoms with van der Waals surface area (Å²) in [5.74, 6) is 3.27. The first-order valence-corrected chi connectivity index (χ1v) is 15.5. The molecule has 7 rings (SSSR count). The number of H-pyrrole nitrogens is 1. The average molecular weight is 596 g/mol. The lowest BCUT2D eigenvalue weighted by Gasteiger charge is -2.16. The normalized spacial score (nSPS) is 22.6. The van der Waals surface area contributed by atoms with Crippen molar-refractivity contribution in [2.75, 3.05) is 37.6 Å². The van der Waals surface area contributed by atoms with Gasteiger partial charge in [0, 0.05) is 23.4 Å². The van der Waals surface area contributed by atoms with Crippen LogP contribution < -0.4 is 15.2 Å². The fourth-order valence-electron chi connectivity index (χ4n) is 5.22. The van der Waals surface area contributed by atoms with Crippen LogP contribution >= 0.6 is 11.8 Å². The Morgan fingerprint density at radius 3 is 2.38 bits per heavy atom. The van der Waals surface area contributed by atoms with Crippen LogP contribution in [0.25, 0.3) is 33.4 Å². The van der Waals surface area contributed by atoms with Crippen LogP contribution in [-0.4, -0.2) is 71.3 Å². The fraction of sp³-hybridized carbons (Fsp3) is 0.406. The molecule has 3 saturated heterocycles. The number of nitrogen functional groups attached to an aromatic ring is 1. The first-order chi connectivity index (χ1) is 20.5. The zero-order valence-corrected chi connectivity index (χ0v) is 25.0. The molecule has 0 aliphatic carbocycles. The van der Waals surface area contributed by atoms with Crippen molar-refractivity contribution in [3.05, 3.63) is 60.4 Å². The van der Waals surface area contributed by atoms with Gasteiger partial charge in [0.05, 0.1) is 31.4 Å². The number of aromatic amines is 1. The van der Waals surface area contributed by atoms with Crippen LogP contribution in [0.1, 0.15) is 26.7 Å². The third kappa shape index (κ3) is 6.52. The third-order valence-electron chi connectivity index (χ3n) is 7.32. The maximum absolute atomic E-state index is 15.2. The molecule has 3 aliphatic heterocycles. The Kier molecular flexibility index (Phi) is 9.89. The Labute approximate surface area is 249 Å². The van der Waals surface area contributed by atoms with E-state index in [1.165, 1.54) is 30.4 Å². The predicted octanol–water partition coefficient (Wildman–Crippen LogP) is 6.07. The second-order valence-corrected chi connectivity index (χ2v) is 11.3. The summed E-state index contributed by atoms with van der Waals surface area (Å²) in [6.45, 7) is 4.52. The van der Waals surface area contributed by atoms with E-state index in [9.17, 15) is 5.11 Å². The Hall–Kier alpha value is -3.31. The molecule has 0 bridgehead atoms. The van der Waals surface area contributed by atoms with Crippen molar-refractivity contribution in [1.29, 1.82) is 0 Å². The molecule has 0 saturated carbocycles. The van der Waals surface area contributed by atoms with Gasteiger partial charge in [0.1, 0.15) is 29.8 Å². The number of aliphatic hydroxyl groups excluding tert-OH is 1. The van der Waals surface area contributed by atoms with Crippen LogP contribution in [0.5, 0.6) is 11.6 Å². The smallest absolute Gasteiger partial charge is 0.193 e. The van der Waals surface area contributed by atoms with E-state index < -0.39 is 18.0 Å². The van der Waals surface area contributed by atoms with Gasteiger partial charge in [-0.1, -0.05) is 32.0 Å². The second-order valence-electron chi connectivity index (χ2n) is 10.1. The average Bonchev–Trinajstić information content (AvgIpc) is 3.83. The lowest BCUT2D eigenvalue weighted by molar-refractivity contribution is 0.00794. The van der Waals surface area contributed by atoms with E-state index in [0.717, 1.165) is 11.1 Å². The van der Waals surface area contributed by atoms with Gasteiger partial charge in [0.15, 0.2) is 17.8 Å². The lowest BCUT2D eigenvalue weighted by atomic mass is 10.0. The maximum Gasteiger partial charge on any atom is 0.193 e. The number of methoxy groups -OCH3 is 1. The molecule has 5 heterocycles. The van der Waals surface area contributed by atoms with E-state index in [1.807, 2.05) is 50.2 Å². The summed E-state index contributed by atoms with van der Waals surface area (Å²) in [5.41, 5.74) is 10.1. The number of aliphatic hydroxyl groups is 1. The Morgan fingerprint density at radius 2 is 1.69 bits per heavy atom. The number of hydrogen-bond acceptors (Lipinski definition) is 8. The molecule has 1 unspecified atom stereocenters. The highest BCUT2D eigenvalue weighted by Crippen LogP contribution is 2.37. The van der Waals surface area contributed by atoms with Gasteiger partial charge in [-0.25, -0.2) is 9.37 Å². The minimum absolute atomic E-state index is 0.176. The van der Waals surface area contributed by atoms with E-state index in [4.69, 9.17) is 24.7 Å². The summed E-state index contributed by atoms with van der Waals surface area (Å²) in [6.07, 6.45) is 1.15. The number of benzene rings is 2. The molecule has 2 aromatic carbocycles. The monoisotopic (exact) mass is 595 g/mol. The van der Waals surface area contributed by atoms with E-state index in [2.05, 4.69) is 21.7 Å². The first kappa shape index (κ1) is 30.2. The number of anilines is 1. The molecule has 3 aliphatic rings. The summed E-state index contributed by atoms with van der Waals surface area (Å²) in [6, 6.07) is 16.1. The van der Waals surface area contributed by atoms with Gasteiger partial charge >= 0.3 is 0 Å². The van der Waals surface area contributed by atoms with E-state index in [1.54, 1.807) is 19.2 Å². The number of fused-ring (bicyclic) bond motifs is 2. The van der Waals surface area contributed by atoms with Gasteiger partial charge in [0.2, 0.25) is 0 Å². The summed E-state index contributed by atoms with van der Waals surface area (Å²) in [7, 11) is 1.54. The number of rotatable bonds is 5. The second kappa shape index (κ2) is 13.8. The number of aromatic nitrogens is 2. The number of halogens is 1. The molecule has 4 aromatic rings. The van der Waals surface area contributed by atoms with Crippen LogP contribution in [0, 0.1) is 5.82 Å². The first-order valence-electron chi connectivity index (χ1n) is 14.4. The number of nitrogens with two attached hydrogens (primary N) is 1. The molecule has 8 nitrogen and oxygen atoms in total. The standard InChI is InChI=1S/C26H24FN3O5.C4H8S.C2H6/c1-32-21-8-14(13-2-5-15(28)6-3-13)4-7-16(21)24-17(27)9-18-19(30-24)10-23(29-18)35-22-12-34-25-20(31)11-33-26(22)25;1-2-4-5-3-1;1-2/h2-10,20,22,25-26,29,31H,11-12,28H2,1H3;1-4H2;1-2H3/t20-,22-,25?,26-;;/m1../s1. The van der Waals surface area contributed by atoms with Crippen molar-refractivity contribution in [3.63, 3.8) is 0 Å². The molecule has 2 aromatic heterocycles. The van der Waals surface area contributed by atoms with Crippen LogP contribution in [-0.2, 0) is 9.47 Å². The maximum atomic E-state index is 15.2. The number of ether oxygens (including phenoxy) is 4. The fourth-order valence-corrected chi connectivity index (χ4v) is 6.24. The van der Waals surface area contributed by atoms with Gasteiger partial charge < -0.3 is 34.8 Å². The van der Waals surface area contributed by atoms with Crippen molar-refractivity contribution >= 4 is 28.5 Å². The molecular weight excluding hydrogens is 557 g/mol. The van der Waals surface area contributed by atoms with Crippen molar-refractivity contribution in [1.82, 2.24) is 9.97 Å². The largest absolute Gasteiger partial charge is 0.496 e. The van der Waals surface area contributed by atoms with Crippen LogP contribution in [0.4, 0.5) is 10.1 Å². The number of thioether (sulfide) groups is 1. The predicted molar refractivity (Wildman–Crippen MR) is 166 cm³/mol. The van der Waals surface area contributed by atoms with Crippen LogP contribution in [0.3, 0.4) is 0 Å². The van der Waals surface area contributed by atoms with Gasteiger partial charge in [-0.05, 0) is 59.7 Å². The number of nitrogens with zero attached hydrogens (tertiary/aromatic N) is 1. The summed E-state index contributed by atoms with van der Waals surface area (Å²) >= 11 is 2.07. The van der Waals surface area contributed by atoms with E-state index in [0.29, 0.717) is 40.5 Å². The number of pyridine rings is 1. The van der Waals surface area contributed by atoms with Crippen molar-refractivity contribution in [3.8, 4) is 34.0 Å².